The van der Waals surface area contributed by atoms with Crippen LogP contribution in [0.4, 0.5) is 11.8 Å². The van der Waals surface area contributed by atoms with Crippen molar-refractivity contribution < 1.29 is 18.9 Å². The standard InChI is InChI=1S/C28H32N4O4/c1-32(18-20-9-7-6-8-10-20)27-21-16-25(35-4)26(36-5)17-22(21)30-28(31-27)29-14-13-19-11-12-23(33-2)24(15-19)34-3/h6-12,15-17H,13-14,18H2,1-5H3,(H,29,30,31). The van der Waals surface area contributed by atoms with E-state index in [0.717, 1.165) is 28.7 Å². The van der Waals surface area contributed by atoms with Crippen LogP contribution in [0, 0.1) is 0 Å². The van der Waals surface area contributed by atoms with Crippen LogP contribution in [0.3, 0.4) is 0 Å². The van der Waals surface area contributed by atoms with Gasteiger partial charge in [-0.25, -0.2) is 4.98 Å². The van der Waals surface area contributed by atoms with Gasteiger partial charge in [-0.05, 0) is 35.7 Å². The molecule has 4 aromatic rings. The van der Waals surface area contributed by atoms with E-state index >= 15 is 0 Å². The number of anilines is 2. The number of methoxy groups -OCH3 is 4. The molecule has 188 valence electrons. The van der Waals surface area contributed by atoms with Gasteiger partial charge in [-0.15, -0.1) is 0 Å². The van der Waals surface area contributed by atoms with Gasteiger partial charge in [0.1, 0.15) is 5.82 Å². The minimum atomic E-state index is 0.546. The zero-order valence-electron chi connectivity index (χ0n) is 21.4. The molecule has 36 heavy (non-hydrogen) atoms. The van der Waals surface area contributed by atoms with Crippen LogP contribution in [0.1, 0.15) is 11.1 Å². The average Bonchev–Trinajstić information content (AvgIpc) is 2.92. The van der Waals surface area contributed by atoms with Crippen LogP contribution in [-0.2, 0) is 13.0 Å². The molecule has 0 bridgehead atoms. The van der Waals surface area contributed by atoms with Gasteiger partial charge in [-0.2, -0.15) is 4.98 Å². The van der Waals surface area contributed by atoms with Crippen LogP contribution in [0.5, 0.6) is 23.0 Å². The molecule has 0 spiro atoms. The summed E-state index contributed by atoms with van der Waals surface area (Å²) in [5.74, 6) is 4.03. The van der Waals surface area contributed by atoms with Gasteiger partial charge < -0.3 is 29.2 Å². The van der Waals surface area contributed by atoms with Gasteiger partial charge >= 0.3 is 0 Å². The zero-order valence-corrected chi connectivity index (χ0v) is 21.4. The predicted octanol–water partition coefficient (Wildman–Crippen LogP) is 4.96. The molecule has 1 aromatic heterocycles. The molecule has 0 amide bonds. The van der Waals surface area contributed by atoms with E-state index in [4.69, 9.17) is 28.9 Å². The largest absolute Gasteiger partial charge is 0.493 e. The number of nitrogens with zero attached hydrogens (tertiary/aromatic N) is 3. The van der Waals surface area contributed by atoms with Crippen LogP contribution < -0.4 is 29.2 Å². The highest BCUT2D eigenvalue weighted by atomic mass is 16.5. The van der Waals surface area contributed by atoms with Gasteiger partial charge in [0.2, 0.25) is 5.95 Å². The molecule has 0 unspecified atom stereocenters. The second kappa shape index (κ2) is 11.5. The number of nitrogens with one attached hydrogen (secondary N) is 1. The molecule has 4 rings (SSSR count). The van der Waals surface area contributed by atoms with E-state index in [2.05, 4.69) is 22.3 Å². The number of ether oxygens (including phenoxy) is 4. The molecule has 3 aromatic carbocycles. The van der Waals surface area contributed by atoms with Crippen molar-refractivity contribution in [3.8, 4) is 23.0 Å². The smallest absolute Gasteiger partial charge is 0.225 e. The fraction of sp³-hybridized carbons (Fsp3) is 0.286. The SMILES string of the molecule is COc1ccc(CCNc2nc(N(C)Cc3ccccc3)c3cc(OC)c(OC)cc3n2)cc1OC. The third-order valence-electron chi connectivity index (χ3n) is 5.95. The molecule has 1 heterocycles. The van der Waals surface area contributed by atoms with E-state index < -0.39 is 0 Å². The van der Waals surface area contributed by atoms with E-state index in [1.54, 1.807) is 28.4 Å². The number of rotatable bonds is 11. The highest BCUT2D eigenvalue weighted by molar-refractivity contribution is 5.93. The Labute approximate surface area is 211 Å². The minimum absolute atomic E-state index is 0.546. The monoisotopic (exact) mass is 488 g/mol. The van der Waals surface area contributed by atoms with E-state index in [-0.39, 0.29) is 0 Å². The van der Waals surface area contributed by atoms with Crippen molar-refractivity contribution in [1.82, 2.24) is 9.97 Å². The molecular weight excluding hydrogens is 456 g/mol. The summed E-state index contributed by atoms with van der Waals surface area (Å²) in [5, 5.41) is 4.27. The summed E-state index contributed by atoms with van der Waals surface area (Å²) in [6, 6.07) is 20.0. The highest BCUT2D eigenvalue weighted by Gasteiger charge is 2.16. The fourth-order valence-electron chi connectivity index (χ4n) is 4.10. The normalized spacial score (nSPS) is 10.7. The molecule has 0 saturated heterocycles. The van der Waals surface area contributed by atoms with Crippen LogP contribution in [0.15, 0.2) is 60.7 Å². The fourth-order valence-corrected chi connectivity index (χ4v) is 4.10. The molecule has 0 aliphatic heterocycles. The Bertz CT molecular complexity index is 1310. The van der Waals surface area contributed by atoms with Crippen LogP contribution >= 0.6 is 0 Å². The lowest BCUT2D eigenvalue weighted by atomic mass is 10.1. The maximum absolute atomic E-state index is 5.54. The first-order chi connectivity index (χ1) is 17.6. The molecule has 1 N–H and O–H groups in total. The maximum Gasteiger partial charge on any atom is 0.225 e. The summed E-state index contributed by atoms with van der Waals surface area (Å²) in [7, 11) is 8.54. The third kappa shape index (κ3) is 5.54. The van der Waals surface area contributed by atoms with Gasteiger partial charge in [0.25, 0.3) is 0 Å². The van der Waals surface area contributed by atoms with E-state index in [0.29, 0.717) is 42.0 Å². The first-order valence-corrected chi connectivity index (χ1v) is 11.7. The summed E-state index contributed by atoms with van der Waals surface area (Å²) in [6.45, 7) is 1.35. The minimum Gasteiger partial charge on any atom is -0.493 e. The number of hydrogen-bond acceptors (Lipinski definition) is 8. The second-order valence-corrected chi connectivity index (χ2v) is 8.30. The van der Waals surface area contributed by atoms with Gasteiger partial charge in [0.15, 0.2) is 23.0 Å². The summed E-state index contributed by atoms with van der Waals surface area (Å²) < 4.78 is 21.8. The van der Waals surface area contributed by atoms with Gasteiger partial charge in [0, 0.05) is 31.6 Å². The zero-order chi connectivity index (χ0) is 25.5. The Kier molecular flexibility index (Phi) is 7.95. The second-order valence-electron chi connectivity index (χ2n) is 8.30. The lowest BCUT2D eigenvalue weighted by molar-refractivity contribution is 0.354. The molecule has 0 aliphatic rings. The average molecular weight is 489 g/mol. The van der Waals surface area contributed by atoms with Crippen molar-refractivity contribution >= 4 is 22.7 Å². The number of aromatic nitrogens is 2. The highest BCUT2D eigenvalue weighted by Crippen LogP contribution is 2.36. The van der Waals surface area contributed by atoms with Crippen LogP contribution in [-0.4, -0.2) is 52.0 Å². The van der Waals surface area contributed by atoms with Crippen molar-refractivity contribution in [2.24, 2.45) is 0 Å². The quantitative estimate of drug-likeness (QED) is 0.318. The Hall–Kier alpha value is -4.20. The van der Waals surface area contributed by atoms with Crippen molar-refractivity contribution in [3.63, 3.8) is 0 Å². The molecule has 0 aliphatic carbocycles. The van der Waals surface area contributed by atoms with Gasteiger partial charge in [0.05, 0.1) is 34.0 Å². The van der Waals surface area contributed by atoms with E-state index in [1.807, 2.05) is 55.6 Å². The van der Waals surface area contributed by atoms with Crippen LogP contribution in [0.25, 0.3) is 10.9 Å². The molecule has 0 atom stereocenters. The van der Waals surface area contributed by atoms with Crippen molar-refractivity contribution in [2.45, 2.75) is 13.0 Å². The topological polar surface area (TPSA) is 78.0 Å². The molecule has 8 heteroatoms. The molecule has 8 nitrogen and oxygen atoms in total. The van der Waals surface area contributed by atoms with E-state index in [1.165, 1.54) is 5.56 Å². The molecule has 0 fully saturated rings. The van der Waals surface area contributed by atoms with Crippen LogP contribution in [0.2, 0.25) is 0 Å². The summed E-state index contributed by atoms with van der Waals surface area (Å²) in [6.07, 6.45) is 0.767. The number of hydrogen-bond donors (Lipinski definition) is 1. The number of benzene rings is 3. The summed E-state index contributed by atoms with van der Waals surface area (Å²) >= 11 is 0. The lowest BCUT2D eigenvalue weighted by Crippen LogP contribution is -2.19. The van der Waals surface area contributed by atoms with Gasteiger partial charge in [-0.3, -0.25) is 0 Å². The summed E-state index contributed by atoms with van der Waals surface area (Å²) in [5.41, 5.74) is 3.08. The predicted molar refractivity (Wildman–Crippen MR) is 143 cm³/mol. The summed E-state index contributed by atoms with van der Waals surface area (Å²) in [4.78, 5) is 11.8. The maximum atomic E-state index is 5.54. The molecule has 0 radical (unpaired) electrons. The van der Waals surface area contributed by atoms with Crippen molar-refractivity contribution in [1.29, 1.82) is 0 Å². The van der Waals surface area contributed by atoms with Crippen molar-refractivity contribution in [3.05, 3.63) is 71.8 Å². The molecule has 0 saturated carbocycles. The Morgan fingerprint density at radius 3 is 2.08 bits per heavy atom. The van der Waals surface area contributed by atoms with Crippen molar-refractivity contribution in [2.75, 3.05) is 52.2 Å². The lowest BCUT2D eigenvalue weighted by Gasteiger charge is -2.22. The molecular formula is C28H32N4O4. The Morgan fingerprint density at radius 1 is 0.722 bits per heavy atom. The van der Waals surface area contributed by atoms with E-state index in [9.17, 15) is 0 Å². The van der Waals surface area contributed by atoms with Gasteiger partial charge in [-0.1, -0.05) is 36.4 Å². The Balaban J connectivity index is 1.62. The first-order valence-electron chi connectivity index (χ1n) is 11.7. The third-order valence-corrected chi connectivity index (χ3v) is 5.95. The Morgan fingerprint density at radius 2 is 1.39 bits per heavy atom. The first kappa shape index (κ1) is 24.9. The number of fused-ring (bicyclic) bond motifs is 1.